The second kappa shape index (κ2) is 6.56. The van der Waals surface area contributed by atoms with Crippen LogP contribution in [0.1, 0.15) is 0 Å². The fraction of sp³-hybridized carbons (Fsp3) is 0.300. The van der Waals surface area contributed by atoms with Crippen molar-refractivity contribution in [3.8, 4) is 11.5 Å². The van der Waals surface area contributed by atoms with Crippen LogP contribution >= 0.6 is 0 Å². The molecular weight excluding hydrogens is 222 g/mol. The summed E-state index contributed by atoms with van der Waals surface area (Å²) in [5.74, 6) is -0.320. The van der Waals surface area contributed by atoms with Crippen LogP contribution in [0.5, 0.6) is 11.5 Å². The SMILES string of the molecule is CNCNCN=C(N)Nc1cccc(O)c1O. The van der Waals surface area contributed by atoms with Gasteiger partial charge in [0.25, 0.3) is 0 Å². The maximum atomic E-state index is 9.51. The van der Waals surface area contributed by atoms with E-state index in [-0.39, 0.29) is 17.5 Å². The molecule has 0 atom stereocenters. The topological polar surface area (TPSA) is 115 Å². The Bertz CT molecular complexity index is 394. The van der Waals surface area contributed by atoms with Crippen molar-refractivity contribution in [2.75, 3.05) is 25.7 Å². The second-order valence-electron chi connectivity index (χ2n) is 3.28. The van der Waals surface area contributed by atoms with E-state index in [0.29, 0.717) is 19.0 Å². The summed E-state index contributed by atoms with van der Waals surface area (Å²) >= 11 is 0. The molecule has 94 valence electrons. The Morgan fingerprint density at radius 3 is 2.88 bits per heavy atom. The Morgan fingerprint density at radius 2 is 2.18 bits per heavy atom. The third-order valence-electron chi connectivity index (χ3n) is 1.94. The zero-order chi connectivity index (χ0) is 12.7. The molecule has 1 rings (SSSR count). The largest absolute Gasteiger partial charge is 0.504 e. The molecule has 0 saturated carbocycles. The van der Waals surface area contributed by atoms with Crippen molar-refractivity contribution >= 4 is 11.6 Å². The van der Waals surface area contributed by atoms with Gasteiger partial charge in [-0.15, -0.1) is 0 Å². The summed E-state index contributed by atoms with van der Waals surface area (Å²) in [7, 11) is 1.81. The number of phenolic OH excluding ortho intramolecular Hbond substituents is 2. The molecule has 1 aromatic rings. The van der Waals surface area contributed by atoms with E-state index in [1.807, 2.05) is 7.05 Å². The Labute approximate surface area is 99.4 Å². The molecule has 7 heteroatoms. The highest BCUT2D eigenvalue weighted by Crippen LogP contribution is 2.32. The van der Waals surface area contributed by atoms with Crippen molar-refractivity contribution in [2.45, 2.75) is 0 Å². The molecule has 0 aliphatic rings. The van der Waals surface area contributed by atoms with Gasteiger partial charge in [-0.3, -0.25) is 5.32 Å². The normalized spacial score (nSPS) is 11.5. The first-order chi connectivity index (χ1) is 8.15. The number of nitrogens with zero attached hydrogens (tertiary/aromatic N) is 1. The Kier molecular flexibility index (Phi) is 5.05. The number of para-hydroxylation sites is 1. The van der Waals surface area contributed by atoms with E-state index >= 15 is 0 Å². The van der Waals surface area contributed by atoms with Gasteiger partial charge in [-0.25, -0.2) is 4.99 Å². The van der Waals surface area contributed by atoms with Crippen molar-refractivity contribution in [1.82, 2.24) is 10.6 Å². The highest BCUT2D eigenvalue weighted by atomic mass is 16.3. The van der Waals surface area contributed by atoms with Gasteiger partial charge in [0, 0.05) is 6.67 Å². The van der Waals surface area contributed by atoms with E-state index < -0.39 is 0 Å². The molecule has 7 N–H and O–H groups in total. The van der Waals surface area contributed by atoms with Crippen molar-refractivity contribution < 1.29 is 10.2 Å². The van der Waals surface area contributed by atoms with E-state index in [2.05, 4.69) is 20.9 Å². The van der Waals surface area contributed by atoms with Crippen LogP contribution in [0.15, 0.2) is 23.2 Å². The second-order valence-corrected chi connectivity index (χ2v) is 3.28. The van der Waals surface area contributed by atoms with Gasteiger partial charge in [0.05, 0.1) is 12.4 Å². The third kappa shape index (κ3) is 4.17. The molecule has 7 nitrogen and oxygen atoms in total. The standard InChI is InChI=1S/C10H17N5O2/c1-12-5-13-6-14-10(11)15-7-3-2-4-8(16)9(7)17/h2-4,12-13,16-17H,5-6H2,1H3,(H3,11,14,15). The predicted octanol–water partition coefficient (Wildman–Crippen LogP) is -0.452. The van der Waals surface area contributed by atoms with E-state index in [1.165, 1.54) is 6.07 Å². The summed E-state index contributed by atoms with van der Waals surface area (Å²) in [5.41, 5.74) is 5.90. The van der Waals surface area contributed by atoms with Crippen LogP contribution in [0.2, 0.25) is 0 Å². The van der Waals surface area contributed by atoms with Crippen LogP contribution in [-0.4, -0.2) is 36.6 Å². The van der Waals surface area contributed by atoms with Crippen LogP contribution < -0.4 is 21.7 Å². The molecule has 0 unspecified atom stereocenters. The van der Waals surface area contributed by atoms with Gasteiger partial charge in [0.2, 0.25) is 0 Å². The summed E-state index contributed by atoms with van der Waals surface area (Å²) in [5, 5.41) is 27.3. The average Bonchev–Trinajstić information content (AvgIpc) is 2.31. The number of hydrogen-bond acceptors (Lipinski definition) is 5. The monoisotopic (exact) mass is 239 g/mol. The molecule has 0 aromatic heterocycles. The molecule has 0 amide bonds. The van der Waals surface area contributed by atoms with E-state index in [9.17, 15) is 10.2 Å². The highest BCUT2D eigenvalue weighted by Gasteiger charge is 2.05. The lowest BCUT2D eigenvalue weighted by atomic mass is 10.3. The van der Waals surface area contributed by atoms with Crippen LogP contribution in [0.4, 0.5) is 5.69 Å². The molecule has 0 saturated heterocycles. The highest BCUT2D eigenvalue weighted by molar-refractivity contribution is 5.94. The van der Waals surface area contributed by atoms with Gasteiger partial charge < -0.3 is 26.6 Å². The molecule has 0 heterocycles. The average molecular weight is 239 g/mol. The van der Waals surface area contributed by atoms with Crippen molar-refractivity contribution in [3.05, 3.63) is 18.2 Å². The molecule has 0 spiro atoms. The lowest BCUT2D eigenvalue weighted by molar-refractivity contribution is 0.405. The van der Waals surface area contributed by atoms with Crippen LogP contribution in [0, 0.1) is 0 Å². The first-order valence-corrected chi connectivity index (χ1v) is 5.08. The first-order valence-electron chi connectivity index (χ1n) is 5.08. The molecule has 17 heavy (non-hydrogen) atoms. The number of anilines is 1. The smallest absolute Gasteiger partial charge is 0.194 e. The summed E-state index contributed by atoms with van der Waals surface area (Å²) < 4.78 is 0. The Morgan fingerprint density at radius 1 is 1.41 bits per heavy atom. The Hall–Kier alpha value is -1.99. The van der Waals surface area contributed by atoms with Crippen LogP contribution in [-0.2, 0) is 0 Å². The van der Waals surface area contributed by atoms with E-state index in [0.717, 1.165) is 0 Å². The number of aromatic hydroxyl groups is 2. The molecule has 0 aliphatic heterocycles. The van der Waals surface area contributed by atoms with Gasteiger partial charge in [0.1, 0.15) is 0 Å². The number of nitrogens with one attached hydrogen (secondary N) is 3. The lowest BCUT2D eigenvalue weighted by Gasteiger charge is -2.08. The number of benzene rings is 1. The van der Waals surface area contributed by atoms with Gasteiger partial charge in [-0.2, -0.15) is 0 Å². The molecule has 0 aliphatic carbocycles. The molecule has 0 bridgehead atoms. The summed E-state index contributed by atoms with van der Waals surface area (Å²) in [6, 6.07) is 4.55. The number of nitrogens with two attached hydrogens (primary N) is 1. The predicted molar refractivity (Wildman–Crippen MR) is 66.9 cm³/mol. The number of guanidine groups is 1. The summed E-state index contributed by atoms with van der Waals surface area (Å²) in [4.78, 5) is 3.97. The molecule has 1 aromatic carbocycles. The molecule has 0 radical (unpaired) electrons. The maximum Gasteiger partial charge on any atom is 0.194 e. The summed E-state index contributed by atoms with van der Waals surface area (Å²) in [6.45, 7) is 0.966. The molecular formula is C10H17N5O2. The Balaban J connectivity index is 2.55. The van der Waals surface area contributed by atoms with Gasteiger partial charge >= 0.3 is 0 Å². The van der Waals surface area contributed by atoms with Crippen LogP contribution in [0.3, 0.4) is 0 Å². The van der Waals surface area contributed by atoms with Crippen molar-refractivity contribution in [1.29, 1.82) is 0 Å². The van der Waals surface area contributed by atoms with E-state index in [4.69, 9.17) is 5.73 Å². The quantitative estimate of drug-likeness (QED) is 0.136. The van der Waals surface area contributed by atoms with E-state index in [1.54, 1.807) is 12.1 Å². The number of aliphatic imine (C=N–C) groups is 1. The number of phenols is 2. The minimum Gasteiger partial charge on any atom is -0.504 e. The van der Waals surface area contributed by atoms with Gasteiger partial charge in [0.15, 0.2) is 17.5 Å². The summed E-state index contributed by atoms with van der Waals surface area (Å²) in [6.07, 6.45) is 0. The van der Waals surface area contributed by atoms with Gasteiger partial charge in [-0.1, -0.05) is 6.07 Å². The van der Waals surface area contributed by atoms with Gasteiger partial charge in [-0.05, 0) is 19.2 Å². The lowest BCUT2D eigenvalue weighted by Crippen LogP contribution is -2.29. The fourth-order valence-corrected chi connectivity index (χ4v) is 1.13. The van der Waals surface area contributed by atoms with Crippen molar-refractivity contribution in [3.63, 3.8) is 0 Å². The van der Waals surface area contributed by atoms with Crippen LogP contribution in [0.25, 0.3) is 0 Å². The number of rotatable bonds is 5. The zero-order valence-electron chi connectivity index (χ0n) is 9.57. The van der Waals surface area contributed by atoms with Crippen molar-refractivity contribution in [2.24, 2.45) is 10.7 Å². The zero-order valence-corrected chi connectivity index (χ0v) is 9.57. The number of hydrogen-bond donors (Lipinski definition) is 6. The maximum absolute atomic E-state index is 9.51. The third-order valence-corrected chi connectivity index (χ3v) is 1.94. The first kappa shape index (κ1) is 13.1. The molecule has 0 fully saturated rings. The fourth-order valence-electron chi connectivity index (χ4n) is 1.13. The minimum absolute atomic E-state index is 0.148. The minimum atomic E-state index is -0.256.